The minimum atomic E-state index is -0.436. The normalized spacial score (nSPS) is 15.7. The van der Waals surface area contributed by atoms with E-state index in [1.165, 1.54) is 0 Å². The van der Waals surface area contributed by atoms with Gasteiger partial charge in [0.15, 0.2) is 0 Å². The number of rotatable bonds is 5. The van der Waals surface area contributed by atoms with E-state index in [0.29, 0.717) is 23.6 Å². The molecule has 3 heterocycles. The van der Waals surface area contributed by atoms with Crippen LogP contribution in [0.4, 0.5) is 5.69 Å². The van der Waals surface area contributed by atoms with Crippen molar-refractivity contribution in [3.8, 4) is 0 Å². The van der Waals surface area contributed by atoms with Crippen molar-refractivity contribution in [3.05, 3.63) is 83.6 Å². The van der Waals surface area contributed by atoms with Crippen LogP contribution in [0, 0.1) is 6.92 Å². The maximum absolute atomic E-state index is 12.9. The van der Waals surface area contributed by atoms with Gasteiger partial charge in [-0.25, -0.2) is 0 Å². The van der Waals surface area contributed by atoms with E-state index in [2.05, 4.69) is 10.3 Å². The van der Waals surface area contributed by atoms with E-state index in [1.54, 1.807) is 23.2 Å². The molecule has 2 amide bonds. The molecule has 1 atom stereocenters. The standard InChI is InChI=1S/C21H19N3O3/c1-14-9-10-16(27-14)13-23-19(25)12-18-20-17(8-5-11-22-20)21(26)24(18)15-6-3-2-4-7-15/h2-11,18H,12-13H2,1H3,(H,23,25)/t18-/m0/s1. The summed E-state index contributed by atoms with van der Waals surface area (Å²) >= 11 is 0. The molecule has 1 aromatic carbocycles. The molecule has 2 aromatic heterocycles. The molecule has 0 fully saturated rings. The maximum atomic E-state index is 12.9. The second kappa shape index (κ2) is 7.07. The monoisotopic (exact) mass is 361 g/mol. The molecule has 0 spiro atoms. The highest BCUT2D eigenvalue weighted by molar-refractivity contribution is 6.11. The van der Waals surface area contributed by atoms with Gasteiger partial charge in [-0.2, -0.15) is 0 Å². The first-order chi connectivity index (χ1) is 13.1. The Morgan fingerprint density at radius 1 is 1.15 bits per heavy atom. The third kappa shape index (κ3) is 3.33. The first-order valence-electron chi connectivity index (χ1n) is 8.79. The summed E-state index contributed by atoms with van der Waals surface area (Å²) in [7, 11) is 0. The van der Waals surface area contributed by atoms with Crippen LogP contribution in [0.3, 0.4) is 0 Å². The lowest BCUT2D eigenvalue weighted by Crippen LogP contribution is -2.32. The van der Waals surface area contributed by atoms with Crippen LogP contribution in [0.1, 0.15) is 40.0 Å². The van der Waals surface area contributed by atoms with Crippen LogP contribution in [0.15, 0.2) is 65.2 Å². The molecule has 0 aliphatic carbocycles. The van der Waals surface area contributed by atoms with Crippen LogP contribution < -0.4 is 10.2 Å². The van der Waals surface area contributed by atoms with Crippen molar-refractivity contribution in [2.75, 3.05) is 4.90 Å². The highest BCUT2D eigenvalue weighted by Gasteiger charge is 2.39. The summed E-state index contributed by atoms with van der Waals surface area (Å²) in [6.07, 6.45) is 1.78. The van der Waals surface area contributed by atoms with Crippen LogP contribution in [-0.4, -0.2) is 16.8 Å². The number of benzene rings is 1. The van der Waals surface area contributed by atoms with Crippen molar-refractivity contribution in [3.63, 3.8) is 0 Å². The van der Waals surface area contributed by atoms with Gasteiger partial charge in [0.2, 0.25) is 5.91 Å². The Morgan fingerprint density at radius 2 is 1.96 bits per heavy atom. The largest absolute Gasteiger partial charge is 0.465 e. The number of anilines is 1. The van der Waals surface area contributed by atoms with Crippen LogP contribution >= 0.6 is 0 Å². The number of amides is 2. The molecule has 136 valence electrons. The summed E-state index contributed by atoms with van der Waals surface area (Å²) in [5, 5.41) is 2.86. The average molecular weight is 361 g/mol. The van der Waals surface area contributed by atoms with Crippen LogP contribution in [0.5, 0.6) is 0 Å². The molecule has 1 aliphatic heterocycles. The molecule has 0 bridgehead atoms. The molecule has 0 saturated carbocycles. The van der Waals surface area contributed by atoms with Crippen LogP contribution in [-0.2, 0) is 11.3 Å². The predicted octanol–water partition coefficient (Wildman–Crippen LogP) is 3.39. The second-order valence-electron chi connectivity index (χ2n) is 6.46. The summed E-state index contributed by atoms with van der Waals surface area (Å²) in [5.41, 5.74) is 1.93. The number of furan rings is 1. The number of aryl methyl sites for hydroxylation is 1. The lowest BCUT2D eigenvalue weighted by molar-refractivity contribution is -0.121. The summed E-state index contributed by atoms with van der Waals surface area (Å²) < 4.78 is 5.48. The van der Waals surface area contributed by atoms with Crippen molar-refractivity contribution >= 4 is 17.5 Å². The van der Waals surface area contributed by atoms with Crippen molar-refractivity contribution in [2.45, 2.75) is 25.9 Å². The Kier molecular flexibility index (Phi) is 4.46. The second-order valence-corrected chi connectivity index (χ2v) is 6.46. The van der Waals surface area contributed by atoms with Gasteiger partial charge < -0.3 is 9.73 Å². The third-order valence-electron chi connectivity index (χ3n) is 4.58. The van der Waals surface area contributed by atoms with E-state index >= 15 is 0 Å². The number of fused-ring (bicyclic) bond motifs is 1. The number of para-hydroxylation sites is 1. The zero-order valence-corrected chi connectivity index (χ0v) is 14.9. The molecule has 0 radical (unpaired) electrons. The highest BCUT2D eigenvalue weighted by atomic mass is 16.3. The fourth-order valence-corrected chi connectivity index (χ4v) is 3.34. The lowest BCUT2D eigenvalue weighted by atomic mass is 10.1. The number of hydrogen-bond donors (Lipinski definition) is 1. The quantitative estimate of drug-likeness (QED) is 0.756. The van der Waals surface area contributed by atoms with Gasteiger partial charge in [0.05, 0.1) is 30.3 Å². The molecule has 4 rings (SSSR count). The smallest absolute Gasteiger partial charge is 0.260 e. The van der Waals surface area contributed by atoms with E-state index in [1.807, 2.05) is 49.4 Å². The van der Waals surface area contributed by atoms with E-state index in [-0.39, 0.29) is 18.2 Å². The molecule has 0 unspecified atom stereocenters. The van der Waals surface area contributed by atoms with Gasteiger partial charge in [-0.05, 0) is 43.3 Å². The van der Waals surface area contributed by atoms with E-state index in [0.717, 1.165) is 11.4 Å². The number of nitrogens with zero attached hydrogens (tertiary/aromatic N) is 2. The summed E-state index contributed by atoms with van der Waals surface area (Å²) in [4.78, 5) is 31.5. The van der Waals surface area contributed by atoms with Gasteiger partial charge in [0.25, 0.3) is 5.91 Å². The molecule has 1 N–H and O–H groups in total. The number of carbonyl (C=O) groups excluding carboxylic acids is 2. The molecule has 3 aromatic rings. The Labute approximate surface area is 156 Å². The topological polar surface area (TPSA) is 75.4 Å². The van der Waals surface area contributed by atoms with Gasteiger partial charge in [0, 0.05) is 11.9 Å². The predicted molar refractivity (Wildman–Crippen MR) is 100 cm³/mol. The lowest BCUT2D eigenvalue weighted by Gasteiger charge is -2.24. The van der Waals surface area contributed by atoms with E-state index < -0.39 is 6.04 Å². The summed E-state index contributed by atoms with van der Waals surface area (Å²) in [6.45, 7) is 2.17. The van der Waals surface area contributed by atoms with Gasteiger partial charge in [0.1, 0.15) is 11.5 Å². The molecule has 27 heavy (non-hydrogen) atoms. The fraction of sp³-hybridized carbons (Fsp3) is 0.190. The molecule has 1 aliphatic rings. The molecule has 6 heteroatoms. The molecule has 0 saturated heterocycles. The Morgan fingerprint density at radius 3 is 2.70 bits per heavy atom. The summed E-state index contributed by atoms with van der Waals surface area (Å²) in [5.74, 6) is 1.20. The minimum absolute atomic E-state index is 0.129. The number of pyridine rings is 1. The first-order valence-corrected chi connectivity index (χ1v) is 8.79. The molecular weight excluding hydrogens is 342 g/mol. The Bertz CT molecular complexity index is 981. The minimum Gasteiger partial charge on any atom is -0.465 e. The van der Waals surface area contributed by atoms with Crippen molar-refractivity contribution in [1.82, 2.24) is 10.3 Å². The van der Waals surface area contributed by atoms with Gasteiger partial charge in [-0.1, -0.05) is 18.2 Å². The number of nitrogens with one attached hydrogen (secondary N) is 1. The van der Waals surface area contributed by atoms with Gasteiger partial charge >= 0.3 is 0 Å². The maximum Gasteiger partial charge on any atom is 0.260 e. The number of hydrogen-bond acceptors (Lipinski definition) is 4. The van der Waals surface area contributed by atoms with E-state index in [9.17, 15) is 9.59 Å². The number of carbonyl (C=O) groups is 2. The number of aromatic nitrogens is 1. The van der Waals surface area contributed by atoms with Crippen LogP contribution in [0.25, 0.3) is 0 Å². The zero-order valence-electron chi connectivity index (χ0n) is 14.9. The molecule has 6 nitrogen and oxygen atoms in total. The highest BCUT2D eigenvalue weighted by Crippen LogP contribution is 2.38. The zero-order chi connectivity index (χ0) is 18.8. The Hall–Kier alpha value is -3.41. The van der Waals surface area contributed by atoms with Gasteiger partial charge in [-0.15, -0.1) is 0 Å². The van der Waals surface area contributed by atoms with Gasteiger partial charge in [-0.3, -0.25) is 19.5 Å². The summed E-state index contributed by atoms with van der Waals surface area (Å²) in [6, 6.07) is 16.1. The third-order valence-corrected chi connectivity index (χ3v) is 4.58. The van der Waals surface area contributed by atoms with Crippen molar-refractivity contribution in [2.24, 2.45) is 0 Å². The fourth-order valence-electron chi connectivity index (χ4n) is 3.34. The van der Waals surface area contributed by atoms with Crippen molar-refractivity contribution < 1.29 is 14.0 Å². The van der Waals surface area contributed by atoms with Crippen molar-refractivity contribution in [1.29, 1.82) is 0 Å². The van der Waals surface area contributed by atoms with E-state index in [4.69, 9.17) is 4.42 Å². The van der Waals surface area contributed by atoms with Crippen LogP contribution in [0.2, 0.25) is 0 Å². The average Bonchev–Trinajstić information content (AvgIpc) is 3.23. The first kappa shape index (κ1) is 17.0. The Balaban J connectivity index is 1.56. The molecular formula is C21H19N3O3. The SMILES string of the molecule is Cc1ccc(CNC(=O)C[C@H]2c3ncccc3C(=O)N2c2ccccc2)o1.